The lowest BCUT2D eigenvalue weighted by molar-refractivity contribution is 0.0847. The number of carbonyl (C=O) groups excluding carboxylic acids is 1. The lowest BCUT2D eigenvalue weighted by Crippen LogP contribution is -2.37. The molecule has 6 heteroatoms. The van der Waals surface area contributed by atoms with Crippen molar-refractivity contribution >= 4 is 5.91 Å². The van der Waals surface area contributed by atoms with Crippen LogP contribution < -0.4 is 5.32 Å². The van der Waals surface area contributed by atoms with Crippen molar-refractivity contribution in [3.63, 3.8) is 0 Å². The van der Waals surface area contributed by atoms with Gasteiger partial charge in [-0.25, -0.2) is 4.39 Å². The smallest absolute Gasteiger partial charge is 0.272 e. The van der Waals surface area contributed by atoms with Crippen LogP contribution in [0.3, 0.4) is 0 Å². The van der Waals surface area contributed by atoms with Gasteiger partial charge in [-0.15, -0.1) is 0 Å². The molecule has 0 aliphatic carbocycles. The fraction of sp³-hybridized carbons (Fsp3) is 0.333. The molecule has 112 valence electrons. The van der Waals surface area contributed by atoms with Crippen LogP contribution in [0.5, 0.6) is 0 Å². The quantitative estimate of drug-likeness (QED) is 0.788. The van der Waals surface area contributed by atoms with E-state index >= 15 is 0 Å². The summed E-state index contributed by atoms with van der Waals surface area (Å²) in [4.78, 5) is 12.0. The number of H-pyrrole nitrogens is 1. The van der Waals surface area contributed by atoms with Crippen LogP contribution in [0.15, 0.2) is 30.3 Å². The number of benzene rings is 1. The lowest BCUT2D eigenvalue weighted by atomic mass is 10.0. The van der Waals surface area contributed by atoms with Crippen LogP contribution in [0.4, 0.5) is 4.39 Å². The highest BCUT2D eigenvalue weighted by Crippen LogP contribution is 2.17. The van der Waals surface area contributed by atoms with Gasteiger partial charge >= 0.3 is 0 Å². The zero-order valence-electron chi connectivity index (χ0n) is 11.9. The number of rotatable bonds is 5. The number of aromatic nitrogens is 2. The molecule has 0 aliphatic heterocycles. The number of nitrogens with zero attached hydrogens (tertiary/aromatic N) is 1. The third kappa shape index (κ3) is 3.66. The first-order valence-corrected chi connectivity index (χ1v) is 6.80. The van der Waals surface area contributed by atoms with Crippen LogP contribution in [-0.4, -0.2) is 27.3 Å². The van der Waals surface area contributed by atoms with Gasteiger partial charge in [0, 0.05) is 5.69 Å². The Balaban J connectivity index is 2.01. The van der Waals surface area contributed by atoms with E-state index in [1.807, 2.05) is 6.92 Å². The summed E-state index contributed by atoms with van der Waals surface area (Å²) in [7, 11) is 0. The van der Waals surface area contributed by atoms with Gasteiger partial charge in [0.2, 0.25) is 0 Å². The maximum Gasteiger partial charge on any atom is 0.272 e. The van der Waals surface area contributed by atoms with Gasteiger partial charge < -0.3 is 10.4 Å². The first kappa shape index (κ1) is 15.2. The lowest BCUT2D eigenvalue weighted by Gasteiger charge is -2.20. The maximum absolute atomic E-state index is 12.9. The Morgan fingerprint density at radius 2 is 2.10 bits per heavy atom. The molecule has 0 saturated heterocycles. The molecule has 2 unspecified atom stereocenters. The van der Waals surface area contributed by atoms with Gasteiger partial charge in [0.15, 0.2) is 0 Å². The number of hydrogen-bond donors (Lipinski definition) is 3. The van der Waals surface area contributed by atoms with Crippen LogP contribution in [0.1, 0.15) is 41.7 Å². The molecule has 2 rings (SSSR count). The van der Waals surface area contributed by atoms with Crippen molar-refractivity contribution in [2.75, 3.05) is 0 Å². The molecular weight excluding hydrogens is 273 g/mol. The average Bonchev–Trinajstić information content (AvgIpc) is 2.96. The Morgan fingerprint density at radius 3 is 2.67 bits per heavy atom. The van der Waals surface area contributed by atoms with Gasteiger partial charge in [0.1, 0.15) is 11.5 Å². The minimum atomic E-state index is -0.917. The number of carbonyl (C=O) groups is 1. The Hall–Kier alpha value is -2.21. The van der Waals surface area contributed by atoms with Crippen molar-refractivity contribution in [2.45, 2.75) is 32.4 Å². The first-order chi connectivity index (χ1) is 10.0. The molecule has 2 aromatic rings. The van der Waals surface area contributed by atoms with Crippen molar-refractivity contribution in [3.05, 3.63) is 53.1 Å². The minimum absolute atomic E-state index is 0.282. The zero-order chi connectivity index (χ0) is 15.4. The van der Waals surface area contributed by atoms with Crippen LogP contribution in [0, 0.1) is 5.82 Å². The second-order valence-corrected chi connectivity index (χ2v) is 4.89. The summed E-state index contributed by atoms with van der Waals surface area (Å²) < 4.78 is 12.9. The van der Waals surface area contributed by atoms with Crippen LogP contribution >= 0.6 is 0 Å². The van der Waals surface area contributed by atoms with Gasteiger partial charge in [0.05, 0.1) is 12.1 Å². The van der Waals surface area contributed by atoms with E-state index < -0.39 is 12.1 Å². The number of aliphatic hydroxyl groups excluding tert-OH is 1. The third-order valence-electron chi connectivity index (χ3n) is 3.29. The van der Waals surface area contributed by atoms with E-state index in [2.05, 4.69) is 15.5 Å². The molecule has 1 aromatic carbocycles. The van der Waals surface area contributed by atoms with Crippen molar-refractivity contribution in [3.8, 4) is 0 Å². The fourth-order valence-electron chi connectivity index (χ4n) is 1.97. The van der Waals surface area contributed by atoms with Crippen LogP contribution in [-0.2, 0) is 6.42 Å². The van der Waals surface area contributed by atoms with Crippen molar-refractivity contribution < 1.29 is 14.3 Å². The molecule has 1 amide bonds. The van der Waals surface area contributed by atoms with Crippen LogP contribution in [0.25, 0.3) is 0 Å². The predicted octanol–water partition coefficient (Wildman–Crippen LogP) is 1.96. The van der Waals surface area contributed by atoms with Gasteiger partial charge in [-0.1, -0.05) is 19.1 Å². The molecule has 1 heterocycles. The highest BCUT2D eigenvalue weighted by molar-refractivity contribution is 5.92. The second kappa shape index (κ2) is 6.49. The molecule has 1 aromatic heterocycles. The number of nitrogens with one attached hydrogen (secondary N) is 2. The SMILES string of the molecule is CCc1cc(C(=O)NC(C)C(O)c2ccc(F)cc2)n[nH]1. The van der Waals surface area contributed by atoms with Gasteiger partial charge in [-0.05, 0) is 37.1 Å². The molecule has 3 N–H and O–H groups in total. The van der Waals surface area contributed by atoms with Gasteiger partial charge in [0.25, 0.3) is 5.91 Å². The molecule has 0 fully saturated rings. The number of aliphatic hydroxyl groups is 1. The molecule has 0 aliphatic rings. The molecular formula is C15H18FN3O2. The molecule has 5 nitrogen and oxygen atoms in total. The number of aromatic amines is 1. The summed E-state index contributed by atoms with van der Waals surface area (Å²) in [5.41, 5.74) is 1.69. The van der Waals surface area contributed by atoms with Crippen molar-refractivity contribution in [1.82, 2.24) is 15.5 Å². The Kier molecular flexibility index (Phi) is 4.70. The number of aryl methyl sites for hydroxylation is 1. The highest BCUT2D eigenvalue weighted by atomic mass is 19.1. The number of amides is 1. The molecule has 0 spiro atoms. The molecule has 0 radical (unpaired) electrons. The fourth-order valence-corrected chi connectivity index (χ4v) is 1.97. The summed E-state index contributed by atoms with van der Waals surface area (Å²) in [6.07, 6.45) is -0.159. The van der Waals surface area contributed by atoms with E-state index in [0.29, 0.717) is 5.56 Å². The predicted molar refractivity (Wildman–Crippen MR) is 76.3 cm³/mol. The van der Waals surface area contributed by atoms with E-state index in [1.54, 1.807) is 13.0 Å². The molecule has 0 saturated carbocycles. The second-order valence-electron chi connectivity index (χ2n) is 4.89. The van der Waals surface area contributed by atoms with E-state index in [9.17, 15) is 14.3 Å². The van der Waals surface area contributed by atoms with Gasteiger partial charge in [-0.2, -0.15) is 5.10 Å². The summed E-state index contributed by atoms with van der Waals surface area (Å²) in [5, 5.41) is 19.5. The summed E-state index contributed by atoms with van der Waals surface area (Å²) in [6.45, 7) is 3.63. The topological polar surface area (TPSA) is 78.0 Å². The molecule has 21 heavy (non-hydrogen) atoms. The monoisotopic (exact) mass is 291 g/mol. The largest absolute Gasteiger partial charge is 0.386 e. The number of halogens is 1. The standard InChI is InChI=1S/C15H18FN3O2/c1-3-12-8-13(19-18-12)15(21)17-9(2)14(20)10-4-6-11(16)7-5-10/h4-9,14,20H,3H2,1-2H3,(H,17,21)(H,18,19). The van der Waals surface area contributed by atoms with E-state index in [4.69, 9.17) is 0 Å². The Bertz CT molecular complexity index is 610. The molecule has 0 bridgehead atoms. The zero-order valence-corrected chi connectivity index (χ0v) is 11.9. The Labute approximate surface area is 122 Å². The van der Waals surface area contributed by atoms with Crippen molar-refractivity contribution in [2.24, 2.45) is 0 Å². The summed E-state index contributed by atoms with van der Waals surface area (Å²) in [5.74, 6) is -0.731. The maximum atomic E-state index is 12.9. The van der Waals surface area contributed by atoms with E-state index in [0.717, 1.165) is 12.1 Å². The number of hydrogen-bond acceptors (Lipinski definition) is 3. The van der Waals surface area contributed by atoms with Gasteiger partial charge in [-0.3, -0.25) is 9.89 Å². The van der Waals surface area contributed by atoms with E-state index in [-0.39, 0.29) is 17.4 Å². The average molecular weight is 291 g/mol. The van der Waals surface area contributed by atoms with Crippen molar-refractivity contribution in [1.29, 1.82) is 0 Å². The normalized spacial score (nSPS) is 13.7. The summed E-state index contributed by atoms with van der Waals surface area (Å²) in [6, 6.07) is 6.68. The minimum Gasteiger partial charge on any atom is -0.386 e. The summed E-state index contributed by atoms with van der Waals surface area (Å²) >= 11 is 0. The van der Waals surface area contributed by atoms with Crippen LogP contribution in [0.2, 0.25) is 0 Å². The third-order valence-corrected chi connectivity index (χ3v) is 3.29. The Morgan fingerprint density at radius 1 is 1.43 bits per heavy atom. The first-order valence-electron chi connectivity index (χ1n) is 6.80. The van der Waals surface area contributed by atoms with E-state index in [1.165, 1.54) is 24.3 Å². The molecule has 2 atom stereocenters. The highest BCUT2D eigenvalue weighted by Gasteiger charge is 2.20.